The van der Waals surface area contributed by atoms with Crippen LogP contribution in [0.15, 0.2) is 71.3 Å². The smallest absolute Gasteiger partial charge is 0.142 e. The molecule has 0 radical (unpaired) electrons. The molecule has 0 fully saturated rings. The molecule has 3 aromatic carbocycles. The number of nitrogens with zero attached hydrogens (tertiary/aromatic N) is 1. The van der Waals surface area contributed by atoms with Crippen molar-refractivity contribution in [3.05, 3.63) is 78.0 Å². The third-order valence-electron chi connectivity index (χ3n) is 4.86. The first-order valence-corrected chi connectivity index (χ1v) is 8.48. The number of hydrogen-bond acceptors (Lipinski definition) is 2. The van der Waals surface area contributed by atoms with Gasteiger partial charge in [-0.05, 0) is 36.8 Å². The highest BCUT2D eigenvalue weighted by molar-refractivity contribution is 6.15. The van der Waals surface area contributed by atoms with E-state index in [0.717, 1.165) is 38.8 Å². The number of benzene rings is 3. The second-order valence-electron chi connectivity index (χ2n) is 6.66. The van der Waals surface area contributed by atoms with Crippen molar-refractivity contribution in [3.63, 3.8) is 0 Å². The third kappa shape index (κ3) is 2.14. The summed E-state index contributed by atoms with van der Waals surface area (Å²) < 4.78 is 6.24. The lowest BCUT2D eigenvalue weighted by molar-refractivity contribution is 0.666. The Labute approximate surface area is 145 Å². The minimum atomic E-state index is 0.915. The zero-order chi connectivity index (χ0) is 17.0. The Morgan fingerprint density at radius 2 is 1.56 bits per heavy atom. The van der Waals surface area contributed by atoms with Crippen LogP contribution >= 0.6 is 0 Å². The van der Waals surface area contributed by atoms with Crippen molar-refractivity contribution in [3.8, 4) is 11.3 Å². The average Bonchev–Trinajstić information content (AvgIpc) is 3.00. The summed E-state index contributed by atoms with van der Waals surface area (Å²) in [5.74, 6) is 0. The molecule has 0 saturated carbocycles. The summed E-state index contributed by atoms with van der Waals surface area (Å²) in [6.07, 6.45) is 1.90. The monoisotopic (exact) mass is 323 g/mol. The lowest BCUT2D eigenvalue weighted by atomic mass is 10.0. The molecule has 0 bridgehead atoms. The van der Waals surface area contributed by atoms with Crippen molar-refractivity contribution in [1.29, 1.82) is 0 Å². The van der Waals surface area contributed by atoms with Gasteiger partial charge in [-0.2, -0.15) is 0 Å². The van der Waals surface area contributed by atoms with Gasteiger partial charge in [-0.3, -0.25) is 4.98 Å². The second kappa shape index (κ2) is 5.18. The molecule has 2 nitrogen and oxygen atoms in total. The van der Waals surface area contributed by atoms with E-state index >= 15 is 0 Å². The standard InChI is InChI=1S/C23H17NO/c1-14-7-9-16(10-8-14)22-21-19-11-17-5-3-4-6-18(17)12-20(19)25-23(21)15(2)13-24-22/h3-13H,1-2H3. The lowest BCUT2D eigenvalue weighted by Crippen LogP contribution is -1.87. The first-order valence-electron chi connectivity index (χ1n) is 8.48. The molecule has 5 aromatic rings. The quantitative estimate of drug-likeness (QED) is 0.356. The summed E-state index contributed by atoms with van der Waals surface area (Å²) >= 11 is 0. The number of rotatable bonds is 1. The molecule has 2 aromatic heterocycles. The van der Waals surface area contributed by atoms with Crippen molar-refractivity contribution in [1.82, 2.24) is 4.98 Å². The predicted molar refractivity (Wildman–Crippen MR) is 104 cm³/mol. The van der Waals surface area contributed by atoms with Gasteiger partial charge in [0.05, 0.1) is 11.1 Å². The van der Waals surface area contributed by atoms with Gasteiger partial charge in [0.2, 0.25) is 0 Å². The van der Waals surface area contributed by atoms with Gasteiger partial charge in [0.25, 0.3) is 0 Å². The predicted octanol–water partition coefficient (Wildman–Crippen LogP) is 6.42. The molecule has 0 aliphatic carbocycles. The first kappa shape index (κ1) is 14.2. The van der Waals surface area contributed by atoms with E-state index in [-0.39, 0.29) is 0 Å². The van der Waals surface area contributed by atoms with Crippen LogP contribution in [0.3, 0.4) is 0 Å². The van der Waals surface area contributed by atoms with E-state index < -0.39 is 0 Å². The Hall–Kier alpha value is -3.13. The van der Waals surface area contributed by atoms with Crippen molar-refractivity contribution in [2.24, 2.45) is 0 Å². The highest BCUT2D eigenvalue weighted by atomic mass is 16.3. The number of aromatic nitrogens is 1. The van der Waals surface area contributed by atoms with E-state index in [2.05, 4.69) is 74.5 Å². The Bertz CT molecular complexity index is 1250. The molecule has 120 valence electrons. The molecule has 0 atom stereocenters. The topological polar surface area (TPSA) is 26.0 Å². The molecule has 2 heteroatoms. The van der Waals surface area contributed by atoms with Crippen molar-refractivity contribution in [2.75, 3.05) is 0 Å². The van der Waals surface area contributed by atoms with Crippen LogP contribution in [-0.4, -0.2) is 4.98 Å². The van der Waals surface area contributed by atoms with Crippen LogP contribution in [0.2, 0.25) is 0 Å². The van der Waals surface area contributed by atoms with Crippen molar-refractivity contribution in [2.45, 2.75) is 13.8 Å². The molecule has 25 heavy (non-hydrogen) atoms. The maximum atomic E-state index is 6.24. The van der Waals surface area contributed by atoms with E-state index in [1.165, 1.54) is 16.3 Å². The maximum Gasteiger partial charge on any atom is 0.142 e. The number of hydrogen-bond donors (Lipinski definition) is 0. The van der Waals surface area contributed by atoms with Crippen LogP contribution in [-0.2, 0) is 0 Å². The van der Waals surface area contributed by atoms with E-state index in [4.69, 9.17) is 9.40 Å². The van der Waals surface area contributed by atoms with E-state index in [9.17, 15) is 0 Å². The van der Waals surface area contributed by atoms with Gasteiger partial charge < -0.3 is 4.42 Å². The summed E-state index contributed by atoms with van der Waals surface area (Å²) in [6.45, 7) is 4.15. The third-order valence-corrected chi connectivity index (χ3v) is 4.86. The Kier molecular flexibility index (Phi) is 2.95. The normalized spacial score (nSPS) is 11.6. The number of furan rings is 1. The summed E-state index contributed by atoms with van der Waals surface area (Å²) in [5, 5.41) is 4.63. The molecule has 5 rings (SSSR count). The molecule has 2 heterocycles. The van der Waals surface area contributed by atoms with Crippen LogP contribution in [0.1, 0.15) is 11.1 Å². The van der Waals surface area contributed by atoms with Gasteiger partial charge in [-0.1, -0.05) is 54.1 Å². The molecule has 0 saturated heterocycles. The molecule has 0 amide bonds. The number of fused-ring (bicyclic) bond motifs is 4. The molecule has 0 aliphatic rings. The van der Waals surface area contributed by atoms with Crippen molar-refractivity contribution < 1.29 is 4.42 Å². The van der Waals surface area contributed by atoms with Gasteiger partial charge in [-0.25, -0.2) is 0 Å². The minimum Gasteiger partial charge on any atom is -0.456 e. The van der Waals surface area contributed by atoms with Crippen molar-refractivity contribution >= 4 is 32.7 Å². The molecular weight excluding hydrogens is 306 g/mol. The average molecular weight is 323 g/mol. The zero-order valence-electron chi connectivity index (χ0n) is 14.2. The molecule has 0 N–H and O–H groups in total. The van der Waals surface area contributed by atoms with Crippen LogP contribution in [0.4, 0.5) is 0 Å². The summed E-state index contributed by atoms with van der Waals surface area (Å²) in [5.41, 5.74) is 6.25. The molecule has 0 spiro atoms. The van der Waals surface area contributed by atoms with Crippen LogP contribution in [0.5, 0.6) is 0 Å². The summed E-state index contributed by atoms with van der Waals surface area (Å²) in [6, 6.07) is 21.2. The van der Waals surface area contributed by atoms with E-state index in [1.807, 2.05) is 6.20 Å². The minimum absolute atomic E-state index is 0.915. The summed E-state index contributed by atoms with van der Waals surface area (Å²) in [7, 11) is 0. The number of pyridine rings is 1. The Balaban J connectivity index is 1.93. The fourth-order valence-electron chi connectivity index (χ4n) is 3.51. The molecule has 0 unspecified atom stereocenters. The summed E-state index contributed by atoms with van der Waals surface area (Å²) in [4.78, 5) is 4.75. The van der Waals surface area contributed by atoms with E-state index in [1.54, 1.807) is 0 Å². The van der Waals surface area contributed by atoms with Gasteiger partial charge in [0.1, 0.15) is 11.2 Å². The lowest BCUT2D eigenvalue weighted by Gasteiger charge is -2.05. The molecular formula is C23H17NO. The molecule has 0 aliphatic heterocycles. The fraction of sp³-hybridized carbons (Fsp3) is 0.0870. The first-order chi connectivity index (χ1) is 12.2. The van der Waals surface area contributed by atoms with Crippen LogP contribution < -0.4 is 0 Å². The largest absolute Gasteiger partial charge is 0.456 e. The Morgan fingerprint density at radius 1 is 0.840 bits per heavy atom. The maximum absolute atomic E-state index is 6.24. The highest BCUT2D eigenvalue weighted by Crippen LogP contribution is 2.38. The highest BCUT2D eigenvalue weighted by Gasteiger charge is 2.16. The fourth-order valence-corrected chi connectivity index (χ4v) is 3.51. The zero-order valence-corrected chi connectivity index (χ0v) is 14.2. The van der Waals surface area contributed by atoms with Gasteiger partial charge in [-0.15, -0.1) is 0 Å². The van der Waals surface area contributed by atoms with Gasteiger partial charge in [0, 0.05) is 22.7 Å². The van der Waals surface area contributed by atoms with Gasteiger partial charge >= 0.3 is 0 Å². The Morgan fingerprint density at radius 3 is 2.32 bits per heavy atom. The SMILES string of the molecule is Cc1ccc(-c2ncc(C)c3oc4cc5ccccc5cc4c23)cc1. The van der Waals surface area contributed by atoms with Gasteiger partial charge in [0.15, 0.2) is 0 Å². The second-order valence-corrected chi connectivity index (χ2v) is 6.66. The van der Waals surface area contributed by atoms with E-state index in [0.29, 0.717) is 0 Å². The van der Waals surface area contributed by atoms with Crippen LogP contribution in [0.25, 0.3) is 44.0 Å². The number of aryl methyl sites for hydroxylation is 2. The van der Waals surface area contributed by atoms with Crippen LogP contribution in [0, 0.1) is 13.8 Å².